The smallest absolute Gasteiger partial charge is 0.335 e. The third-order valence-corrected chi connectivity index (χ3v) is 4.00. The van der Waals surface area contributed by atoms with Crippen LogP contribution in [-0.2, 0) is 17.5 Å². The zero-order chi connectivity index (χ0) is 16.9. The van der Waals surface area contributed by atoms with Crippen LogP contribution in [0.15, 0.2) is 36.9 Å². The third-order valence-electron chi connectivity index (χ3n) is 4.00. The Morgan fingerprint density at radius 1 is 1.39 bits per heavy atom. The molecular formula is C17H21F3N2O. The molecule has 1 heterocycles. The number of benzene rings is 1. The monoisotopic (exact) mass is 326 g/mol. The first kappa shape index (κ1) is 17.5. The van der Waals surface area contributed by atoms with E-state index in [0.717, 1.165) is 31.5 Å². The Morgan fingerprint density at radius 2 is 2.17 bits per heavy atom. The van der Waals surface area contributed by atoms with Gasteiger partial charge in [0.1, 0.15) is 0 Å². The molecule has 0 saturated carbocycles. The number of nitrogens with zero attached hydrogens (tertiary/aromatic N) is 1. The number of likely N-dealkylation sites (tertiary alicyclic amines) is 1. The number of alkyl halides is 3. The van der Waals surface area contributed by atoms with Crippen LogP contribution < -0.4 is 5.32 Å². The fourth-order valence-electron chi connectivity index (χ4n) is 2.83. The van der Waals surface area contributed by atoms with Gasteiger partial charge >= 0.3 is 6.18 Å². The molecule has 1 aliphatic rings. The van der Waals surface area contributed by atoms with E-state index in [2.05, 4.69) is 11.9 Å². The Labute approximate surface area is 134 Å². The first-order chi connectivity index (χ1) is 10.9. The van der Waals surface area contributed by atoms with Gasteiger partial charge in [0.25, 0.3) is 0 Å². The summed E-state index contributed by atoms with van der Waals surface area (Å²) in [5.74, 6) is 0.0103. The highest BCUT2D eigenvalue weighted by Crippen LogP contribution is 2.30. The van der Waals surface area contributed by atoms with Crippen molar-refractivity contribution in [3.63, 3.8) is 0 Å². The molecule has 0 aliphatic carbocycles. The molecule has 3 nitrogen and oxygen atoms in total. The standard InChI is InChI=1S/C17H21F3N2O/c1-2-9-21-10-8-15-6-7-16(23)22(15)12-13-4-3-5-14(11-13)17(18,19)20/h2-5,11,15,21H,1,6-10,12H2/t15-/m0/s1. The van der Waals surface area contributed by atoms with Crippen LogP contribution in [0.25, 0.3) is 0 Å². The number of rotatable bonds is 7. The van der Waals surface area contributed by atoms with Crippen molar-refractivity contribution in [2.45, 2.75) is 38.0 Å². The van der Waals surface area contributed by atoms with Gasteiger partial charge in [-0.05, 0) is 37.1 Å². The molecule has 0 unspecified atom stereocenters. The third kappa shape index (κ3) is 4.82. The average Bonchev–Trinajstić information content (AvgIpc) is 2.84. The Morgan fingerprint density at radius 3 is 2.87 bits per heavy atom. The summed E-state index contributed by atoms with van der Waals surface area (Å²) in [6, 6.07) is 5.27. The summed E-state index contributed by atoms with van der Waals surface area (Å²) in [4.78, 5) is 13.7. The molecule has 0 aromatic heterocycles. The van der Waals surface area contributed by atoms with Crippen molar-refractivity contribution in [2.75, 3.05) is 13.1 Å². The molecule has 1 N–H and O–H groups in total. The lowest BCUT2D eigenvalue weighted by Crippen LogP contribution is -2.34. The first-order valence-corrected chi connectivity index (χ1v) is 7.69. The minimum atomic E-state index is -4.36. The lowest BCUT2D eigenvalue weighted by Gasteiger charge is -2.25. The van der Waals surface area contributed by atoms with Crippen LogP contribution in [0.2, 0.25) is 0 Å². The first-order valence-electron chi connectivity index (χ1n) is 7.69. The van der Waals surface area contributed by atoms with Gasteiger partial charge in [-0.2, -0.15) is 13.2 Å². The van der Waals surface area contributed by atoms with E-state index in [1.165, 1.54) is 6.07 Å². The van der Waals surface area contributed by atoms with Crippen molar-refractivity contribution >= 4 is 5.91 Å². The molecular weight excluding hydrogens is 305 g/mol. The van der Waals surface area contributed by atoms with E-state index in [1.807, 2.05) is 0 Å². The van der Waals surface area contributed by atoms with Crippen LogP contribution in [0.5, 0.6) is 0 Å². The average molecular weight is 326 g/mol. The Balaban J connectivity index is 2.01. The zero-order valence-electron chi connectivity index (χ0n) is 12.9. The lowest BCUT2D eigenvalue weighted by atomic mass is 10.1. The molecule has 1 aliphatic heterocycles. The topological polar surface area (TPSA) is 32.3 Å². The van der Waals surface area contributed by atoms with Gasteiger partial charge in [0.15, 0.2) is 0 Å². The van der Waals surface area contributed by atoms with Crippen molar-refractivity contribution in [1.29, 1.82) is 0 Å². The van der Waals surface area contributed by atoms with E-state index < -0.39 is 11.7 Å². The Hall–Kier alpha value is -1.82. The summed E-state index contributed by atoms with van der Waals surface area (Å²) in [7, 11) is 0. The molecule has 0 radical (unpaired) electrons. The number of halogens is 3. The Kier molecular flexibility index (Phi) is 5.82. The molecule has 1 aromatic rings. The SMILES string of the molecule is C=CCNCC[C@@H]1CCC(=O)N1Cc1cccc(C(F)(F)F)c1. The molecule has 126 valence electrons. The minimum absolute atomic E-state index is 0.0103. The van der Waals surface area contributed by atoms with Gasteiger partial charge in [-0.25, -0.2) is 0 Å². The molecule has 23 heavy (non-hydrogen) atoms. The summed E-state index contributed by atoms with van der Waals surface area (Å²) in [5.41, 5.74) is -0.162. The number of nitrogens with one attached hydrogen (secondary N) is 1. The second-order valence-electron chi connectivity index (χ2n) is 5.69. The largest absolute Gasteiger partial charge is 0.416 e. The minimum Gasteiger partial charge on any atom is -0.335 e. The summed E-state index contributed by atoms with van der Waals surface area (Å²) in [6.07, 6.45) is -0.587. The number of carbonyl (C=O) groups excluding carboxylic acids is 1. The van der Waals surface area contributed by atoms with E-state index in [0.29, 0.717) is 18.5 Å². The summed E-state index contributed by atoms with van der Waals surface area (Å²) >= 11 is 0. The quantitative estimate of drug-likeness (QED) is 0.615. The maximum absolute atomic E-state index is 12.8. The highest BCUT2D eigenvalue weighted by molar-refractivity contribution is 5.78. The highest BCUT2D eigenvalue weighted by atomic mass is 19.4. The Bertz CT molecular complexity index is 557. The van der Waals surface area contributed by atoms with Crippen LogP contribution >= 0.6 is 0 Å². The molecule has 2 rings (SSSR count). The normalized spacial score (nSPS) is 18.5. The number of hydrogen-bond acceptors (Lipinski definition) is 2. The van der Waals surface area contributed by atoms with Crippen molar-refractivity contribution in [3.05, 3.63) is 48.0 Å². The zero-order valence-corrected chi connectivity index (χ0v) is 12.9. The van der Waals surface area contributed by atoms with Crippen LogP contribution in [0.4, 0.5) is 13.2 Å². The van der Waals surface area contributed by atoms with E-state index in [4.69, 9.17) is 0 Å². The fourth-order valence-corrected chi connectivity index (χ4v) is 2.83. The van der Waals surface area contributed by atoms with E-state index in [1.54, 1.807) is 17.0 Å². The van der Waals surface area contributed by atoms with Crippen LogP contribution in [0.3, 0.4) is 0 Å². The van der Waals surface area contributed by atoms with Gasteiger partial charge in [-0.1, -0.05) is 18.2 Å². The van der Waals surface area contributed by atoms with Crippen molar-refractivity contribution in [2.24, 2.45) is 0 Å². The maximum Gasteiger partial charge on any atom is 0.416 e. The molecule has 0 bridgehead atoms. The number of hydrogen-bond donors (Lipinski definition) is 1. The van der Waals surface area contributed by atoms with E-state index in [9.17, 15) is 18.0 Å². The van der Waals surface area contributed by atoms with Gasteiger partial charge in [-0.3, -0.25) is 4.79 Å². The van der Waals surface area contributed by atoms with Crippen LogP contribution in [0.1, 0.15) is 30.4 Å². The lowest BCUT2D eigenvalue weighted by molar-refractivity contribution is -0.137. The van der Waals surface area contributed by atoms with Gasteiger partial charge in [0.05, 0.1) is 5.56 Å². The molecule has 6 heteroatoms. The highest BCUT2D eigenvalue weighted by Gasteiger charge is 2.32. The number of amides is 1. The molecule has 1 amide bonds. The predicted molar refractivity (Wildman–Crippen MR) is 82.7 cm³/mol. The van der Waals surface area contributed by atoms with Gasteiger partial charge in [0.2, 0.25) is 5.91 Å². The van der Waals surface area contributed by atoms with E-state index >= 15 is 0 Å². The van der Waals surface area contributed by atoms with Gasteiger partial charge < -0.3 is 10.2 Å². The summed E-state index contributed by atoms with van der Waals surface area (Å²) < 4.78 is 38.3. The molecule has 1 saturated heterocycles. The predicted octanol–water partition coefficient (Wildman–Crippen LogP) is 3.36. The van der Waals surface area contributed by atoms with Crippen molar-refractivity contribution in [3.8, 4) is 0 Å². The fraction of sp³-hybridized carbons (Fsp3) is 0.471. The maximum atomic E-state index is 12.8. The molecule has 1 aromatic carbocycles. The second kappa shape index (κ2) is 7.64. The van der Waals surface area contributed by atoms with Crippen molar-refractivity contribution in [1.82, 2.24) is 10.2 Å². The van der Waals surface area contributed by atoms with Gasteiger partial charge in [-0.15, -0.1) is 6.58 Å². The number of carbonyl (C=O) groups is 1. The second-order valence-corrected chi connectivity index (χ2v) is 5.69. The van der Waals surface area contributed by atoms with E-state index in [-0.39, 0.29) is 18.5 Å². The summed E-state index contributed by atoms with van der Waals surface area (Å²) in [5, 5.41) is 3.19. The van der Waals surface area contributed by atoms with Crippen molar-refractivity contribution < 1.29 is 18.0 Å². The summed E-state index contributed by atoms with van der Waals surface area (Å²) in [6.45, 7) is 5.31. The van der Waals surface area contributed by atoms with Crippen LogP contribution in [-0.4, -0.2) is 29.9 Å². The van der Waals surface area contributed by atoms with Gasteiger partial charge in [0, 0.05) is 25.6 Å². The molecule has 1 atom stereocenters. The molecule has 0 spiro atoms. The molecule has 1 fully saturated rings. The van der Waals surface area contributed by atoms with Crippen LogP contribution in [0, 0.1) is 0 Å².